The summed E-state index contributed by atoms with van der Waals surface area (Å²) in [6.45, 7) is 11.6. The first-order chi connectivity index (χ1) is 14.6. The maximum atomic E-state index is 12.9. The van der Waals surface area contributed by atoms with Gasteiger partial charge >= 0.3 is 6.09 Å². The van der Waals surface area contributed by atoms with Gasteiger partial charge in [-0.3, -0.25) is 9.88 Å². The molecule has 0 fully saturated rings. The van der Waals surface area contributed by atoms with Crippen LogP contribution in [0.2, 0.25) is 0 Å². The van der Waals surface area contributed by atoms with Crippen LogP contribution < -0.4 is 4.90 Å². The Morgan fingerprint density at radius 3 is 2.68 bits per heavy atom. The van der Waals surface area contributed by atoms with E-state index in [1.165, 1.54) is 0 Å². The average Bonchev–Trinajstić information content (AvgIpc) is 3.13. The molecule has 4 heterocycles. The van der Waals surface area contributed by atoms with Crippen LogP contribution in [-0.4, -0.2) is 42.3 Å². The highest BCUT2D eigenvalue weighted by atomic mass is 16.6. The monoisotopic (exact) mass is 422 g/mol. The zero-order valence-electron chi connectivity index (χ0n) is 19.1. The lowest BCUT2D eigenvalue weighted by Crippen LogP contribution is -2.45. The number of hydrogen-bond donors (Lipinski definition) is 0. The van der Waals surface area contributed by atoms with Crippen molar-refractivity contribution in [3.8, 4) is 0 Å². The summed E-state index contributed by atoms with van der Waals surface area (Å²) in [5.74, 6) is 1.47. The van der Waals surface area contributed by atoms with Crippen LogP contribution in [0.25, 0.3) is 5.65 Å². The van der Waals surface area contributed by atoms with Gasteiger partial charge in [-0.1, -0.05) is 6.07 Å². The maximum Gasteiger partial charge on any atom is 0.416 e. The second-order valence-electron chi connectivity index (χ2n) is 9.27. The zero-order chi connectivity index (χ0) is 22.3. The summed E-state index contributed by atoms with van der Waals surface area (Å²) in [7, 11) is 0. The van der Waals surface area contributed by atoms with Gasteiger partial charge in [-0.25, -0.2) is 19.3 Å². The Morgan fingerprint density at radius 1 is 1.19 bits per heavy atom. The number of carbonyl (C=O) groups excluding carboxylic acids is 1. The van der Waals surface area contributed by atoms with Crippen LogP contribution in [0.1, 0.15) is 62.6 Å². The molecule has 1 amide bonds. The van der Waals surface area contributed by atoms with Crippen LogP contribution in [0.4, 0.5) is 10.6 Å². The molecule has 1 unspecified atom stereocenters. The van der Waals surface area contributed by atoms with E-state index in [1.807, 2.05) is 52.1 Å². The Balaban J connectivity index is 1.57. The van der Waals surface area contributed by atoms with Crippen molar-refractivity contribution in [2.75, 3.05) is 4.90 Å². The van der Waals surface area contributed by atoms with E-state index in [0.29, 0.717) is 18.7 Å². The molecule has 0 bridgehead atoms. The van der Waals surface area contributed by atoms with Crippen LogP contribution in [0.5, 0.6) is 0 Å². The number of amides is 1. The number of hydrogen-bond acceptors (Lipinski definition) is 6. The predicted molar refractivity (Wildman–Crippen MR) is 118 cm³/mol. The molecule has 0 aliphatic carbocycles. The minimum atomic E-state index is -0.550. The van der Waals surface area contributed by atoms with E-state index in [0.717, 1.165) is 47.0 Å². The lowest BCUT2D eigenvalue weighted by atomic mass is 9.99. The topological polar surface area (TPSA) is 85.5 Å². The number of nitrogens with zero attached hydrogens (tertiary/aromatic N) is 6. The van der Waals surface area contributed by atoms with E-state index in [9.17, 15) is 4.79 Å². The number of pyridine rings is 1. The molecule has 164 valence electrons. The minimum absolute atomic E-state index is 0.0451. The summed E-state index contributed by atoms with van der Waals surface area (Å²) >= 11 is 0. The van der Waals surface area contributed by atoms with Crippen LogP contribution in [0, 0.1) is 13.8 Å². The highest BCUT2D eigenvalue weighted by Crippen LogP contribution is 2.31. The molecule has 8 heteroatoms. The molecule has 8 nitrogen and oxygen atoms in total. The summed E-state index contributed by atoms with van der Waals surface area (Å²) in [4.78, 5) is 28.4. The van der Waals surface area contributed by atoms with E-state index in [4.69, 9.17) is 9.72 Å². The molecule has 1 atom stereocenters. The van der Waals surface area contributed by atoms with Gasteiger partial charge in [0.05, 0.1) is 11.4 Å². The van der Waals surface area contributed by atoms with Crippen LogP contribution in [-0.2, 0) is 24.0 Å². The highest BCUT2D eigenvalue weighted by Gasteiger charge is 2.33. The standard InChI is InChI=1S/C23H30N6O2/c1-14-7-8-17-9-10-18(25-21(17)28(14)22(30)31-23(4,5)6)11-12-19-26-20-16(3)24-13-15(2)29(20)27-19/h9-10,13-14H,7-8,11-12H2,1-6H3. The summed E-state index contributed by atoms with van der Waals surface area (Å²) in [6.07, 6.45) is 4.61. The highest BCUT2D eigenvalue weighted by molar-refractivity contribution is 5.88. The van der Waals surface area contributed by atoms with Crippen LogP contribution >= 0.6 is 0 Å². The normalized spacial score (nSPS) is 16.5. The van der Waals surface area contributed by atoms with Gasteiger partial charge in [-0.15, -0.1) is 0 Å². The first kappa shape index (κ1) is 21.2. The van der Waals surface area contributed by atoms with E-state index in [2.05, 4.69) is 21.1 Å². The molecule has 0 aromatic carbocycles. The number of anilines is 1. The third kappa shape index (κ3) is 4.38. The average molecular weight is 423 g/mol. The van der Waals surface area contributed by atoms with E-state index in [1.54, 1.807) is 11.1 Å². The maximum absolute atomic E-state index is 12.9. The molecule has 0 saturated heterocycles. The third-order valence-electron chi connectivity index (χ3n) is 5.46. The number of aromatic nitrogens is 5. The fourth-order valence-corrected chi connectivity index (χ4v) is 3.82. The molecule has 0 N–H and O–H groups in total. The van der Waals surface area contributed by atoms with Crippen molar-refractivity contribution in [3.05, 3.63) is 46.8 Å². The SMILES string of the molecule is Cc1ncc(C)n2nc(CCc3ccc4c(n3)N(C(=O)OC(C)(C)C)C(C)CC4)nc12. The van der Waals surface area contributed by atoms with E-state index >= 15 is 0 Å². The predicted octanol–water partition coefficient (Wildman–Crippen LogP) is 4.00. The number of aryl methyl sites for hydroxylation is 5. The summed E-state index contributed by atoms with van der Waals surface area (Å²) in [6, 6.07) is 4.16. The molecule has 31 heavy (non-hydrogen) atoms. The molecule has 0 radical (unpaired) electrons. The van der Waals surface area contributed by atoms with Crippen molar-refractivity contribution >= 4 is 17.6 Å². The minimum Gasteiger partial charge on any atom is -0.443 e. The molecule has 3 aromatic heterocycles. The van der Waals surface area contributed by atoms with Crippen molar-refractivity contribution in [3.63, 3.8) is 0 Å². The molecular weight excluding hydrogens is 392 g/mol. The molecule has 0 spiro atoms. The Labute approximate surface area is 182 Å². The van der Waals surface area contributed by atoms with Crippen molar-refractivity contribution in [2.45, 2.75) is 78.9 Å². The molecular formula is C23H30N6O2. The first-order valence-electron chi connectivity index (χ1n) is 10.8. The lowest BCUT2D eigenvalue weighted by Gasteiger charge is -2.35. The fraction of sp³-hybridized carbons (Fsp3) is 0.522. The molecule has 1 aliphatic heterocycles. The zero-order valence-corrected chi connectivity index (χ0v) is 19.1. The Morgan fingerprint density at radius 2 is 1.97 bits per heavy atom. The van der Waals surface area contributed by atoms with Crippen molar-refractivity contribution < 1.29 is 9.53 Å². The van der Waals surface area contributed by atoms with Gasteiger partial charge in [0.25, 0.3) is 0 Å². The Kier molecular flexibility index (Phi) is 5.41. The fourth-order valence-electron chi connectivity index (χ4n) is 3.82. The molecule has 1 aliphatic rings. The Hall–Kier alpha value is -3.03. The van der Waals surface area contributed by atoms with Crippen molar-refractivity contribution in [2.24, 2.45) is 0 Å². The molecule has 4 rings (SSSR count). The van der Waals surface area contributed by atoms with Crippen LogP contribution in [0.3, 0.4) is 0 Å². The van der Waals surface area contributed by atoms with Crippen LogP contribution in [0.15, 0.2) is 18.3 Å². The number of fused-ring (bicyclic) bond motifs is 2. The first-order valence-corrected chi connectivity index (χ1v) is 10.8. The van der Waals surface area contributed by atoms with Gasteiger partial charge in [0.1, 0.15) is 11.4 Å². The van der Waals surface area contributed by atoms with E-state index in [-0.39, 0.29) is 12.1 Å². The van der Waals surface area contributed by atoms with Gasteiger partial charge < -0.3 is 4.74 Å². The summed E-state index contributed by atoms with van der Waals surface area (Å²) < 4.78 is 7.49. The number of carbonyl (C=O) groups is 1. The third-order valence-corrected chi connectivity index (χ3v) is 5.46. The van der Waals surface area contributed by atoms with Gasteiger partial charge in [0.15, 0.2) is 11.5 Å². The molecule has 3 aromatic rings. The van der Waals surface area contributed by atoms with Gasteiger partial charge in [0, 0.05) is 24.4 Å². The smallest absolute Gasteiger partial charge is 0.416 e. The largest absolute Gasteiger partial charge is 0.443 e. The summed E-state index contributed by atoms with van der Waals surface area (Å²) in [5, 5.41) is 4.62. The summed E-state index contributed by atoms with van der Waals surface area (Å²) in [5.41, 5.74) is 4.04. The second kappa shape index (κ2) is 7.90. The Bertz CT molecular complexity index is 1090. The molecule has 0 saturated carbocycles. The van der Waals surface area contributed by atoms with Gasteiger partial charge in [-0.05, 0) is 72.4 Å². The van der Waals surface area contributed by atoms with Gasteiger partial charge in [0.2, 0.25) is 0 Å². The number of rotatable bonds is 3. The van der Waals surface area contributed by atoms with E-state index < -0.39 is 5.60 Å². The number of ether oxygens (including phenoxy) is 1. The van der Waals surface area contributed by atoms with Crippen molar-refractivity contribution in [1.82, 2.24) is 24.6 Å². The lowest BCUT2D eigenvalue weighted by molar-refractivity contribution is 0.0562. The van der Waals surface area contributed by atoms with Gasteiger partial charge in [-0.2, -0.15) is 5.10 Å². The quantitative estimate of drug-likeness (QED) is 0.634. The second-order valence-corrected chi connectivity index (χ2v) is 9.27. The van der Waals surface area contributed by atoms with Crippen molar-refractivity contribution in [1.29, 1.82) is 0 Å².